The minimum Gasteiger partial charge on any atom is -0.481 e. The first-order valence-corrected chi connectivity index (χ1v) is 11.7. The highest BCUT2D eigenvalue weighted by Crippen LogP contribution is 2.52. The van der Waals surface area contributed by atoms with E-state index in [-0.39, 0.29) is 36.2 Å². The number of nitrogens with zero attached hydrogens (tertiary/aromatic N) is 1. The first-order valence-electron chi connectivity index (χ1n) is 11.7. The molecule has 7 heteroatoms. The minimum atomic E-state index is -0.790. The van der Waals surface area contributed by atoms with Gasteiger partial charge in [0.15, 0.2) is 0 Å². The van der Waals surface area contributed by atoms with Gasteiger partial charge in [0.2, 0.25) is 5.91 Å². The molecule has 2 aromatic carbocycles. The van der Waals surface area contributed by atoms with E-state index in [1.54, 1.807) is 11.0 Å². The number of hydrogen-bond donors (Lipinski definition) is 2. The van der Waals surface area contributed by atoms with Crippen LogP contribution < -0.4 is 5.32 Å². The fourth-order valence-corrected chi connectivity index (χ4v) is 5.62. The number of alkyl carbamates (subject to hydrolysis) is 1. The van der Waals surface area contributed by atoms with E-state index >= 15 is 0 Å². The van der Waals surface area contributed by atoms with E-state index in [1.165, 1.54) is 0 Å². The van der Waals surface area contributed by atoms with Gasteiger partial charge in [-0.15, -0.1) is 6.58 Å². The molecule has 2 aromatic rings. The van der Waals surface area contributed by atoms with Gasteiger partial charge >= 0.3 is 12.1 Å². The fourth-order valence-electron chi connectivity index (χ4n) is 5.62. The third kappa shape index (κ3) is 3.95. The maximum Gasteiger partial charge on any atom is 0.407 e. The van der Waals surface area contributed by atoms with Gasteiger partial charge in [-0.25, -0.2) is 4.79 Å². The van der Waals surface area contributed by atoms with Crippen LogP contribution in [0.3, 0.4) is 0 Å². The van der Waals surface area contributed by atoms with Crippen molar-refractivity contribution in [3.8, 4) is 11.1 Å². The number of allylic oxidation sites excluding steroid dienone is 1. The van der Waals surface area contributed by atoms with Gasteiger partial charge in [0, 0.05) is 19.0 Å². The molecule has 1 heterocycles. The Morgan fingerprint density at radius 3 is 2.21 bits per heavy atom. The maximum atomic E-state index is 13.1. The van der Waals surface area contributed by atoms with E-state index in [2.05, 4.69) is 36.2 Å². The number of rotatable bonds is 8. The van der Waals surface area contributed by atoms with Crippen molar-refractivity contribution >= 4 is 18.0 Å². The summed E-state index contributed by atoms with van der Waals surface area (Å²) in [5.74, 6) is -1.33. The Balaban J connectivity index is 1.21. The van der Waals surface area contributed by atoms with E-state index in [0.717, 1.165) is 22.3 Å². The van der Waals surface area contributed by atoms with Crippen molar-refractivity contribution in [2.45, 2.75) is 24.8 Å². The van der Waals surface area contributed by atoms with Gasteiger partial charge in [0.1, 0.15) is 12.6 Å². The molecule has 2 aliphatic carbocycles. The van der Waals surface area contributed by atoms with Gasteiger partial charge < -0.3 is 20.1 Å². The number of hydrogen-bond acceptors (Lipinski definition) is 4. The molecule has 34 heavy (non-hydrogen) atoms. The van der Waals surface area contributed by atoms with Gasteiger partial charge in [-0.3, -0.25) is 9.59 Å². The van der Waals surface area contributed by atoms with E-state index in [1.807, 2.05) is 24.3 Å². The molecule has 2 fully saturated rings. The molecule has 1 saturated heterocycles. The number of aliphatic carboxylic acids is 1. The van der Waals surface area contributed by atoms with Crippen LogP contribution in [0.4, 0.5) is 4.79 Å². The summed E-state index contributed by atoms with van der Waals surface area (Å²) in [6.07, 6.45) is 2.07. The Labute approximate surface area is 198 Å². The molecule has 7 nitrogen and oxygen atoms in total. The number of amides is 2. The second-order valence-electron chi connectivity index (χ2n) is 9.32. The summed E-state index contributed by atoms with van der Waals surface area (Å²) in [6, 6.07) is 15.5. The van der Waals surface area contributed by atoms with Gasteiger partial charge in [-0.05, 0) is 46.9 Å². The van der Waals surface area contributed by atoms with Gasteiger partial charge in [0.05, 0.1) is 5.92 Å². The SMILES string of the molecule is C=CCCC(NC(=O)OCC1c2ccccc2-c2ccccc21)C(=O)N1C[C@@H]2C(C(=O)O)[C@@H]2C1. The van der Waals surface area contributed by atoms with Crippen molar-refractivity contribution in [3.05, 3.63) is 72.3 Å². The molecule has 2 N–H and O–H groups in total. The normalized spacial score (nSPS) is 22.8. The highest BCUT2D eigenvalue weighted by molar-refractivity contribution is 5.87. The van der Waals surface area contributed by atoms with Crippen LogP contribution in [-0.2, 0) is 14.3 Å². The summed E-state index contributed by atoms with van der Waals surface area (Å²) in [5, 5.41) is 12.0. The van der Waals surface area contributed by atoms with Crippen molar-refractivity contribution in [1.82, 2.24) is 10.2 Å². The average molecular weight is 461 g/mol. The second-order valence-corrected chi connectivity index (χ2v) is 9.32. The zero-order valence-electron chi connectivity index (χ0n) is 18.9. The molecule has 0 bridgehead atoms. The van der Waals surface area contributed by atoms with Crippen LogP contribution in [0, 0.1) is 17.8 Å². The van der Waals surface area contributed by atoms with Gasteiger partial charge in [-0.1, -0.05) is 54.6 Å². The standard InChI is InChI=1S/C27H28N2O5/c1-2-3-12-23(25(30)29-13-20-21(14-29)24(20)26(31)32)28-27(33)34-15-22-18-10-6-4-8-16(18)17-9-5-7-11-19(17)22/h2,4-11,20-24H,1,3,12-15H2,(H,28,33)(H,31,32)/t20-,21+,23?,24?. The molecular weight excluding hydrogens is 432 g/mol. The second kappa shape index (κ2) is 8.97. The summed E-state index contributed by atoms with van der Waals surface area (Å²) < 4.78 is 5.62. The van der Waals surface area contributed by atoms with Crippen LogP contribution in [-0.4, -0.2) is 53.7 Å². The summed E-state index contributed by atoms with van der Waals surface area (Å²) in [5.41, 5.74) is 4.55. The predicted molar refractivity (Wildman–Crippen MR) is 126 cm³/mol. The summed E-state index contributed by atoms with van der Waals surface area (Å²) in [4.78, 5) is 38.7. The highest BCUT2D eigenvalue weighted by atomic mass is 16.5. The van der Waals surface area contributed by atoms with Crippen LogP contribution in [0.15, 0.2) is 61.2 Å². The predicted octanol–water partition coefficient (Wildman–Crippen LogP) is 3.65. The first-order chi connectivity index (χ1) is 16.5. The maximum absolute atomic E-state index is 13.1. The summed E-state index contributed by atoms with van der Waals surface area (Å²) in [7, 11) is 0. The van der Waals surface area contributed by atoms with Crippen molar-refractivity contribution in [1.29, 1.82) is 0 Å². The summed E-state index contributed by atoms with van der Waals surface area (Å²) in [6.45, 7) is 4.75. The van der Waals surface area contributed by atoms with Crippen LogP contribution in [0.1, 0.15) is 29.9 Å². The zero-order valence-corrected chi connectivity index (χ0v) is 18.9. The number of ether oxygens (including phenoxy) is 1. The molecule has 176 valence electrons. The topological polar surface area (TPSA) is 95.9 Å². The van der Waals surface area contributed by atoms with E-state index in [9.17, 15) is 19.5 Å². The average Bonchev–Trinajstić information content (AvgIpc) is 3.20. The number of piperidine rings is 1. The quantitative estimate of drug-likeness (QED) is 0.587. The van der Waals surface area contributed by atoms with Gasteiger partial charge in [-0.2, -0.15) is 0 Å². The lowest BCUT2D eigenvalue weighted by Gasteiger charge is -2.26. The smallest absolute Gasteiger partial charge is 0.407 e. The third-order valence-corrected chi connectivity index (χ3v) is 7.38. The molecule has 0 spiro atoms. The molecular formula is C27H28N2O5. The van der Waals surface area contributed by atoms with Crippen LogP contribution in [0.25, 0.3) is 11.1 Å². The van der Waals surface area contributed by atoms with E-state index in [4.69, 9.17) is 4.74 Å². The first kappa shape index (κ1) is 22.2. The Morgan fingerprint density at radius 2 is 1.65 bits per heavy atom. The minimum absolute atomic E-state index is 0.0240. The molecule has 2 unspecified atom stereocenters. The Kier molecular flexibility index (Phi) is 5.86. The number of nitrogens with one attached hydrogen (secondary N) is 1. The molecule has 0 radical (unpaired) electrons. The van der Waals surface area contributed by atoms with Crippen molar-refractivity contribution < 1.29 is 24.2 Å². The molecule has 5 rings (SSSR count). The number of fused-ring (bicyclic) bond motifs is 4. The van der Waals surface area contributed by atoms with Crippen molar-refractivity contribution in [2.24, 2.45) is 17.8 Å². The van der Waals surface area contributed by atoms with E-state index in [0.29, 0.717) is 25.9 Å². The molecule has 3 aliphatic rings. The lowest BCUT2D eigenvalue weighted by molar-refractivity contribution is -0.141. The van der Waals surface area contributed by atoms with Crippen molar-refractivity contribution in [3.63, 3.8) is 0 Å². The third-order valence-electron chi connectivity index (χ3n) is 7.38. The summed E-state index contributed by atoms with van der Waals surface area (Å²) >= 11 is 0. The fraction of sp³-hybridized carbons (Fsp3) is 0.370. The molecule has 4 atom stereocenters. The Bertz CT molecular complexity index is 1090. The molecule has 1 saturated carbocycles. The van der Waals surface area contributed by atoms with Gasteiger partial charge in [0.25, 0.3) is 0 Å². The Hall–Kier alpha value is -3.61. The number of carbonyl (C=O) groups is 3. The van der Waals surface area contributed by atoms with Crippen LogP contribution in [0.2, 0.25) is 0 Å². The largest absolute Gasteiger partial charge is 0.481 e. The molecule has 0 aromatic heterocycles. The number of carbonyl (C=O) groups excluding carboxylic acids is 2. The number of carboxylic acid groups (broad SMARTS) is 1. The lowest BCUT2D eigenvalue weighted by atomic mass is 9.98. The number of benzene rings is 2. The molecule has 1 aliphatic heterocycles. The monoisotopic (exact) mass is 460 g/mol. The van der Waals surface area contributed by atoms with Crippen molar-refractivity contribution in [2.75, 3.05) is 19.7 Å². The zero-order chi connectivity index (χ0) is 23.8. The number of carboxylic acids is 1. The van der Waals surface area contributed by atoms with Crippen LogP contribution >= 0.6 is 0 Å². The number of likely N-dealkylation sites (tertiary alicyclic amines) is 1. The lowest BCUT2D eigenvalue weighted by Crippen LogP contribution is -2.49. The molecule has 2 amide bonds. The van der Waals surface area contributed by atoms with Crippen LogP contribution in [0.5, 0.6) is 0 Å². The highest BCUT2D eigenvalue weighted by Gasteiger charge is 2.60. The van der Waals surface area contributed by atoms with E-state index < -0.39 is 18.1 Å². The Morgan fingerprint density at radius 1 is 1.06 bits per heavy atom.